The fourth-order valence-corrected chi connectivity index (χ4v) is 0.551. The molecule has 0 radical (unpaired) electrons. The Morgan fingerprint density at radius 3 is 2.67 bits per heavy atom. The maximum atomic E-state index is 10.5. The fraction of sp³-hybridized carbons (Fsp3) is 0.833. The maximum Gasteiger partial charge on any atom is 0.219 e. The molecule has 0 unspecified atom stereocenters. The van der Waals surface area contributed by atoms with Crippen LogP contribution in [0.5, 0.6) is 0 Å². The minimum Gasteiger partial charge on any atom is -0.359 e. The van der Waals surface area contributed by atoms with Gasteiger partial charge in [-0.2, -0.15) is 0 Å². The van der Waals surface area contributed by atoms with Crippen molar-refractivity contribution < 1.29 is 7.65 Å². The summed E-state index contributed by atoms with van der Waals surface area (Å²) in [5, 5.41) is 5.52. The van der Waals surface area contributed by atoms with Crippen molar-refractivity contribution in [1.82, 2.24) is 10.6 Å². The van der Waals surface area contributed by atoms with E-state index in [9.17, 15) is 4.79 Å². The van der Waals surface area contributed by atoms with Crippen LogP contribution in [0, 0.1) is 0 Å². The van der Waals surface area contributed by atoms with Gasteiger partial charge in [0.25, 0.3) is 0 Å². The quantitative estimate of drug-likeness (QED) is 0.540. The van der Waals surface area contributed by atoms with Gasteiger partial charge in [-0.3, -0.25) is 4.79 Å². The lowest BCUT2D eigenvalue weighted by molar-refractivity contribution is -0.120. The third kappa shape index (κ3) is 5.30. The minimum absolute atomic E-state index is 0. The van der Waals surface area contributed by atoms with E-state index in [0.29, 0.717) is 6.42 Å². The summed E-state index contributed by atoms with van der Waals surface area (Å²) in [5.41, 5.74) is 0. The van der Waals surface area contributed by atoms with Crippen LogP contribution >= 0.6 is 0 Å². The number of carbonyl (C=O) groups excluding carboxylic acids is 1. The number of rotatable bonds is 4. The molecule has 0 saturated heterocycles. The van der Waals surface area contributed by atoms with Gasteiger partial charge in [0, 0.05) is 16.3 Å². The van der Waals surface area contributed by atoms with E-state index in [1.54, 1.807) is 7.05 Å². The second kappa shape index (κ2) is 5.56. The number of amides is 1. The van der Waals surface area contributed by atoms with Crippen LogP contribution in [0.25, 0.3) is 0 Å². The SMILES string of the molecule is CNCCCC(=O)NC.[HH].[HH]. The number of carbonyl (C=O) groups is 1. The molecule has 0 aromatic carbocycles. The van der Waals surface area contributed by atoms with Crippen molar-refractivity contribution in [2.24, 2.45) is 0 Å². The van der Waals surface area contributed by atoms with Gasteiger partial charge in [0.15, 0.2) is 0 Å². The van der Waals surface area contributed by atoms with Crippen molar-refractivity contribution in [3.8, 4) is 0 Å². The van der Waals surface area contributed by atoms with E-state index in [1.165, 1.54) is 0 Å². The van der Waals surface area contributed by atoms with Crippen molar-refractivity contribution in [3.63, 3.8) is 0 Å². The third-order valence-corrected chi connectivity index (χ3v) is 1.11. The lowest BCUT2D eigenvalue weighted by Gasteiger charge is -1.97. The van der Waals surface area contributed by atoms with Gasteiger partial charge in [-0.1, -0.05) is 0 Å². The van der Waals surface area contributed by atoms with E-state index >= 15 is 0 Å². The average Bonchev–Trinajstić information content (AvgIpc) is 1.89. The molecule has 0 aliphatic rings. The smallest absolute Gasteiger partial charge is 0.219 e. The molecule has 9 heavy (non-hydrogen) atoms. The Morgan fingerprint density at radius 1 is 1.56 bits per heavy atom. The minimum atomic E-state index is 0. The highest BCUT2D eigenvalue weighted by molar-refractivity contribution is 5.75. The molecule has 0 spiro atoms. The molecule has 3 heteroatoms. The van der Waals surface area contributed by atoms with Gasteiger partial charge < -0.3 is 10.6 Å². The van der Waals surface area contributed by atoms with E-state index in [2.05, 4.69) is 10.6 Å². The Kier molecular flexibility index (Phi) is 5.21. The van der Waals surface area contributed by atoms with E-state index in [-0.39, 0.29) is 8.76 Å². The van der Waals surface area contributed by atoms with Crippen LogP contribution in [-0.4, -0.2) is 26.5 Å². The first-order chi connectivity index (χ1) is 4.31. The summed E-state index contributed by atoms with van der Waals surface area (Å²) < 4.78 is 0. The molecule has 0 aliphatic carbocycles. The van der Waals surface area contributed by atoms with Crippen LogP contribution in [0.3, 0.4) is 0 Å². The maximum absolute atomic E-state index is 10.5. The van der Waals surface area contributed by atoms with Crippen LogP contribution < -0.4 is 10.6 Å². The zero-order chi connectivity index (χ0) is 7.11. The van der Waals surface area contributed by atoms with Gasteiger partial charge in [0.2, 0.25) is 5.91 Å². The highest BCUT2D eigenvalue weighted by Crippen LogP contribution is 1.84. The summed E-state index contributed by atoms with van der Waals surface area (Å²) in [4.78, 5) is 10.5. The van der Waals surface area contributed by atoms with Crippen molar-refractivity contribution >= 4 is 5.91 Å². The van der Waals surface area contributed by atoms with Gasteiger partial charge in [0.05, 0.1) is 0 Å². The van der Waals surface area contributed by atoms with E-state index in [4.69, 9.17) is 0 Å². The molecular formula is C6H18N2O. The van der Waals surface area contributed by atoms with E-state index in [0.717, 1.165) is 13.0 Å². The van der Waals surface area contributed by atoms with Crippen molar-refractivity contribution in [2.45, 2.75) is 12.8 Å². The Morgan fingerprint density at radius 2 is 2.22 bits per heavy atom. The molecule has 0 aromatic heterocycles. The topological polar surface area (TPSA) is 41.1 Å². The Labute approximate surface area is 58.8 Å². The zero-order valence-corrected chi connectivity index (χ0v) is 6.03. The molecule has 2 N–H and O–H groups in total. The second-order valence-corrected chi connectivity index (χ2v) is 1.88. The van der Waals surface area contributed by atoms with E-state index < -0.39 is 0 Å². The largest absolute Gasteiger partial charge is 0.359 e. The van der Waals surface area contributed by atoms with Crippen molar-refractivity contribution in [2.75, 3.05) is 20.6 Å². The molecule has 1 amide bonds. The highest BCUT2D eigenvalue weighted by atomic mass is 16.1. The summed E-state index contributed by atoms with van der Waals surface area (Å²) in [5.74, 6) is 0.116. The van der Waals surface area contributed by atoms with Crippen LogP contribution in [0.15, 0.2) is 0 Å². The summed E-state index contributed by atoms with van der Waals surface area (Å²) in [6.45, 7) is 0.910. The van der Waals surface area contributed by atoms with Crippen LogP contribution in [0.4, 0.5) is 0 Å². The predicted octanol–water partition coefficient (Wildman–Crippen LogP) is 0.224. The Bertz CT molecular complexity index is 90.7. The Hall–Kier alpha value is -0.570. The van der Waals surface area contributed by atoms with Crippen LogP contribution in [0.2, 0.25) is 0 Å². The first kappa shape index (κ1) is 8.43. The summed E-state index contributed by atoms with van der Waals surface area (Å²) >= 11 is 0. The van der Waals surface area contributed by atoms with Crippen molar-refractivity contribution in [3.05, 3.63) is 0 Å². The first-order valence-corrected chi connectivity index (χ1v) is 3.16. The zero-order valence-electron chi connectivity index (χ0n) is 6.03. The van der Waals surface area contributed by atoms with Gasteiger partial charge in [0.1, 0.15) is 0 Å². The fourth-order valence-electron chi connectivity index (χ4n) is 0.551. The first-order valence-electron chi connectivity index (χ1n) is 3.16. The van der Waals surface area contributed by atoms with Gasteiger partial charge in [-0.25, -0.2) is 0 Å². The number of hydrogen-bond donors (Lipinski definition) is 2. The van der Waals surface area contributed by atoms with Gasteiger partial charge in [-0.15, -0.1) is 0 Å². The van der Waals surface area contributed by atoms with Crippen LogP contribution in [-0.2, 0) is 4.79 Å². The lowest BCUT2D eigenvalue weighted by Crippen LogP contribution is -2.19. The summed E-state index contributed by atoms with van der Waals surface area (Å²) in [7, 11) is 3.53. The monoisotopic (exact) mass is 134 g/mol. The molecule has 0 saturated carbocycles. The summed E-state index contributed by atoms with van der Waals surface area (Å²) in [6.07, 6.45) is 1.54. The highest BCUT2D eigenvalue weighted by Gasteiger charge is 1.93. The predicted molar refractivity (Wildman–Crippen MR) is 41.5 cm³/mol. The molecule has 0 aliphatic heterocycles. The van der Waals surface area contributed by atoms with Crippen LogP contribution in [0.1, 0.15) is 15.7 Å². The van der Waals surface area contributed by atoms with Gasteiger partial charge >= 0.3 is 0 Å². The average molecular weight is 134 g/mol. The molecule has 0 atom stereocenters. The van der Waals surface area contributed by atoms with Gasteiger partial charge in [-0.05, 0) is 20.0 Å². The molecule has 0 rings (SSSR count). The lowest BCUT2D eigenvalue weighted by atomic mass is 10.3. The molecule has 0 aromatic rings. The molecule has 3 nitrogen and oxygen atoms in total. The third-order valence-electron chi connectivity index (χ3n) is 1.11. The van der Waals surface area contributed by atoms with E-state index in [1.807, 2.05) is 7.05 Å². The number of hydrogen-bond acceptors (Lipinski definition) is 2. The molecular weight excluding hydrogens is 116 g/mol. The second-order valence-electron chi connectivity index (χ2n) is 1.88. The molecule has 0 bridgehead atoms. The Balaban J connectivity index is -0.000000320. The molecule has 0 heterocycles. The normalized spacial score (nSPS) is 9.11. The summed E-state index contributed by atoms with van der Waals surface area (Å²) in [6, 6.07) is 0. The molecule has 58 valence electrons. The number of nitrogens with one attached hydrogen (secondary N) is 2. The van der Waals surface area contributed by atoms with Crippen molar-refractivity contribution in [1.29, 1.82) is 0 Å². The molecule has 0 fully saturated rings. The standard InChI is InChI=1S/C6H14N2O.2H2/c1-7-5-3-4-6(9)8-2;;/h7H,3-5H2,1-2H3,(H,8,9);2*1H.